The van der Waals surface area contributed by atoms with Crippen molar-refractivity contribution in [1.82, 2.24) is 0 Å². The molecule has 0 amide bonds. The molecule has 0 saturated carbocycles. The molecular formula is C6H12OS. The van der Waals surface area contributed by atoms with Gasteiger partial charge in [0, 0.05) is 6.61 Å². The van der Waals surface area contributed by atoms with Crippen LogP contribution in [0, 0.1) is 11.8 Å². The highest BCUT2D eigenvalue weighted by Gasteiger charge is 2.22. The van der Waals surface area contributed by atoms with Crippen LogP contribution in [0.5, 0.6) is 0 Å². The molecule has 1 saturated heterocycles. The van der Waals surface area contributed by atoms with Gasteiger partial charge >= 0.3 is 0 Å². The van der Waals surface area contributed by atoms with Crippen LogP contribution < -0.4 is 0 Å². The minimum atomic E-state index is 0.383. The van der Waals surface area contributed by atoms with E-state index in [0.29, 0.717) is 12.5 Å². The van der Waals surface area contributed by atoms with Gasteiger partial charge in [-0.3, -0.25) is 0 Å². The molecule has 0 radical (unpaired) electrons. The van der Waals surface area contributed by atoms with Gasteiger partial charge in [-0.25, -0.2) is 0 Å². The number of aliphatic hydroxyl groups excluding tert-OH is 1. The molecule has 2 atom stereocenters. The molecule has 0 bridgehead atoms. The largest absolute Gasteiger partial charge is 0.396 e. The van der Waals surface area contributed by atoms with Gasteiger partial charge in [-0.1, -0.05) is 6.92 Å². The van der Waals surface area contributed by atoms with Crippen molar-refractivity contribution >= 4 is 11.8 Å². The lowest BCUT2D eigenvalue weighted by atomic mass is 10.00. The van der Waals surface area contributed by atoms with Crippen LogP contribution >= 0.6 is 11.8 Å². The lowest BCUT2D eigenvalue weighted by Gasteiger charge is -2.08. The van der Waals surface area contributed by atoms with Crippen LogP contribution in [-0.2, 0) is 0 Å². The van der Waals surface area contributed by atoms with Gasteiger partial charge in [0.25, 0.3) is 0 Å². The van der Waals surface area contributed by atoms with Crippen molar-refractivity contribution in [2.45, 2.75) is 6.92 Å². The molecule has 1 rings (SSSR count). The summed E-state index contributed by atoms with van der Waals surface area (Å²) >= 11 is 1.95. The Kier molecular flexibility index (Phi) is 2.20. The summed E-state index contributed by atoms with van der Waals surface area (Å²) in [7, 11) is 0. The Morgan fingerprint density at radius 2 is 2.38 bits per heavy atom. The first-order valence-corrected chi connectivity index (χ1v) is 4.18. The van der Waals surface area contributed by atoms with Crippen LogP contribution in [0.25, 0.3) is 0 Å². The van der Waals surface area contributed by atoms with Gasteiger partial charge in [0.15, 0.2) is 0 Å². The van der Waals surface area contributed by atoms with Gasteiger partial charge in [-0.05, 0) is 23.3 Å². The molecule has 2 heteroatoms. The topological polar surface area (TPSA) is 20.2 Å². The number of thioether (sulfide) groups is 1. The fourth-order valence-electron chi connectivity index (χ4n) is 0.938. The van der Waals surface area contributed by atoms with Crippen molar-refractivity contribution in [3.8, 4) is 0 Å². The Hall–Kier alpha value is 0.310. The van der Waals surface area contributed by atoms with E-state index in [4.69, 9.17) is 5.11 Å². The van der Waals surface area contributed by atoms with Gasteiger partial charge in [-0.15, -0.1) is 0 Å². The zero-order valence-corrected chi connectivity index (χ0v) is 5.95. The van der Waals surface area contributed by atoms with Gasteiger partial charge in [0.1, 0.15) is 0 Å². The molecule has 48 valence electrons. The van der Waals surface area contributed by atoms with E-state index in [1.54, 1.807) is 0 Å². The highest BCUT2D eigenvalue weighted by molar-refractivity contribution is 7.99. The fourth-order valence-corrected chi connectivity index (χ4v) is 2.46. The van der Waals surface area contributed by atoms with Crippen molar-refractivity contribution in [2.24, 2.45) is 11.8 Å². The molecule has 0 aromatic carbocycles. The van der Waals surface area contributed by atoms with Crippen LogP contribution in [0.4, 0.5) is 0 Å². The first-order chi connectivity index (χ1) is 3.84. The normalized spacial score (nSPS) is 38.2. The highest BCUT2D eigenvalue weighted by Crippen LogP contribution is 2.28. The third-order valence-corrected chi connectivity index (χ3v) is 3.18. The lowest BCUT2D eigenvalue weighted by Crippen LogP contribution is -2.12. The van der Waals surface area contributed by atoms with Gasteiger partial charge in [0.2, 0.25) is 0 Å². The molecule has 1 fully saturated rings. The standard InChI is InChI=1S/C6H12OS/c1-5-3-8-4-6(5)2-7/h5-7H,2-4H2,1H3/t5-,6-/m0/s1. The highest BCUT2D eigenvalue weighted by atomic mass is 32.2. The average molecular weight is 132 g/mol. The molecule has 0 aromatic heterocycles. The number of aliphatic hydroxyl groups is 1. The van der Waals surface area contributed by atoms with Crippen molar-refractivity contribution < 1.29 is 5.11 Å². The molecule has 0 aliphatic carbocycles. The van der Waals surface area contributed by atoms with Crippen LogP contribution in [0.3, 0.4) is 0 Å². The summed E-state index contributed by atoms with van der Waals surface area (Å²) in [6.07, 6.45) is 0. The summed E-state index contributed by atoms with van der Waals surface area (Å²) in [6, 6.07) is 0. The molecule has 1 nitrogen and oxygen atoms in total. The van der Waals surface area contributed by atoms with E-state index in [0.717, 1.165) is 11.7 Å². The summed E-state index contributed by atoms with van der Waals surface area (Å²) in [5.74, 6) is 3.73. The molecule has 1 aliphatic heterocycles. The summed E-state index contributed by atoms with van der Waals surface area (Å²) in [5, 5.41) is 8.72. The predicted octanol–water partition coefficient (Wildman–Crippen LogP) is 0.978. The maximum absolute atomic E-state index is 8.72. The van der Waals surface area contributed by atoms with Crippen LogP contribution in [0.1, 0.15) is 6.92 Å². The molecular weight excluding hydrogens is 120 g/mol. The first-order valence-electron chi connectivity index (χ1n) is 3.03. The Morgan fingerprint density at radius 3 is 2.62 bits per heavy atom. The second kappa shape index (κ2) is 2.74. The van der Waals surface area contributed by atoms with E-state index in [2.05, 4.69) is 6.92 Å². The van der Waals surface area contributed by atoms with Crippen LogP contribution in [0.2, 0.25) is 0 Å². The summed E-state index contributed by atoms with van der Waals surface area (Å²) in [5.41, 5.74) is 0. The molecule has 1 aliphatic rings. The maximum atomic E-state index is 8.72. The Labute approximate surface area is 54.5 Å². The van der Waals surface area contributed by atoms with Gasteiger partial charge in [0.05, 0.1) is 0 Å². The molecule has 1 N–H and O–H groups in total. The maximum Gasteiger partial charge on any atom is 0.0470 e. The first kappa shape index (κ1) is 6.43. The van der Waals surface area contributed by atoms with Gasteiger partial charge in [-0.2, -0.15) is 11.8 Å². The summed E-state index contributed by atoms with van der Waals surface area (Å²) in [6.45, 7) is 2.59. The zero-order valence-electron chi connectivity index (χ0n) is 5.13. The predicted molar refractivity (Wildman–Crippen MR) is 37.1 cm³/mol. The third-order valence-electron chi connectivity index (χ3n) is 1.75. The molecule has 1 heterocycles. The lowest BCUT2D eigenvalue weighted by molar-refractivity contribution is 0.213. The van der Waals surface area contributed by atoms with E-state index in [9.17, 15) is 0 Å². The average Bonchev–Trinajstić information content (AvgIpc) is 2.14. The number of hydrogen-bond donors (Lipinski definition) is 1. The summed E-state index contributed by atoms with van der Waals surface area (Å²) in [4.78, 5) is 0. The van der Waals surface area contributed by atoms with Crippen LogP contribution in [0.15, 0.2) is 0 Å². The molecule has 0 spiro atoms. The second-order valence-electron chi connectivity index (χ2n) is 2.46. The Balaban J connectivity index is 2.30. The molecule has 0 unspecified atom stereocenters. The monoisotopic (exact) mass is 132 g/mol. The van der Waals surface area contributed by atoms with E-state index in [1.807, 2.05) is 11.8 Å². The van der Waals surface area contributed by atoms with Crippen molar-refractivity contribution in [3.05, 3.63) is 0 Å². The molecule has 0 aromatic rings. The third kappa shape index (κ3) is 1.17. The van der Waals surface area contributed by atoms with Crippen molar-refractivity contribution in [2.75, 3.05) is 18.1 Å². The van der Waals surface area contributed by atoms with Crippen molar-refractivity contribution in [3.63, 3.8) is 0 Å². The zero-order chi connectivity index (χ0) is 5.98. The Morgan fingerprint density at radius 1 is 1.62 bits per heavy atom. The Bertz CT molecular complexity index is 74.9. The fraction of sp³-hybridized carbons (Fsp3) is 1.00. The van der Waals surface area contributed by atoms with Crippen LogP contribution in [-0.4, -0.2) is 23.2 Å². The van der Waals surface area contributed by atoms with Crippen molar-refractivity contribution in [1.29, 1.82) is 0 Å². The number of hydrogen-bond acceptors (Lipinski definition) is 2. The van der Waals surface area contributed by atoms with Gasteiger partial charge < -0.3 is 5.11 Å². The molecule has 8 heavy (non-hydrogen) atoms. The van der Waals surface area contributed by atoms with E-state index in [1.165, 1.54) is 5.75 Å². The number of rotatable bonds is 1. The van der Waals surface area contributed by atoms with E-state index < -0.39 is 0 Å². The van der Waals surface area contributed by atoms with E-state index >= 15 is 0 Å². The minimum absolute atomic E-state index is 0.383. The second-order valence-corrected chi connectivity index (χ2v) is 3.53. The SMILES string of the molecule is C[C@H]1CSC[C@@H]1CO. The van der Waals surface area contributed by atoms with E-state index in [-0.39, 0.29) is 0 Å². The summed E-state index contributed by atoms with van der Waals surface area (Å²) < 4.78 is 0. The smallest absolute Gasteiger partial charge is 0.0470 e. The minimum Gasteiger partial charge on any atom is -0.396 e. The quantitative estimate of drug-likeness (QED) is 0.574.